The number of thioether (sulfide) groups is 1. The van der Waals surface area contributed by atoms with Gasteiger partial charge in [0.25, 0.3) is 0 Å². The highest BCUT2D eigenvalue weighted by molar-refractivity contribution is 7.99. The summed E-state index contributed by atoms with van der Waals surface area (Å²) in [4.78, 5) is 15.3. The average Bonchev–Trinajstić information content (AvgIpc) is 2.86. The fourth-order valence-electron chi connectivity index (χ4n) is 1.69. The van der Waals surface area contributed by atoms with Gasteiger partial charge in [0.1, 0.15) is 5.37 Å². The van der Waals surface area contributed by atoms with Gasteiger partial charge < -0.3 is 4.90 Å². The first-order chi connectivity index (χ1) is 7.20. The molecule has 1 aromatic rings. The van der Waals surface area contributed by atoms with E-state index in [2.05, 4.69) is 17.5 Å². The Hall–Kier alpha value is -0.480. The van der Waals surface area contributed by atoms with Crippen molar-refractivity contribution in [2.45, 2.75) is 19.2 Å². The molecule has 1 atom stereocenters. The summed E-state index contributed by atoms with van der Waals surface area (Å²) in [6.45, 7) is 4.83. The van der Waals surface area contributed by atoms with Crippen LogP contribution < -0.4 is 0 Å². The van der Waals surface area contributed by atoms with E-state index in [1.54, 1.807) is 11.3 Å². The third kappa shape index (κ3) is 2.21. The molecule has 2 rings (SSSR count). The molecule has 1 aliphatic rings. The highest BCUT2D eigenvalue weighted by atomic mass is 32.2. The molecule has 1 fully saturated rings. The molecular formula is C11H15NOS2. The number of hydrogen-bond acceptors (Lipinski definition) is 3. The maximum absolute atomic E-state index is 12.0. The monoisotopic (exact) mass is 241 g/mol. The minimum absolute atomic E-state index is 0.103. The van der Waals surface area contributed by atoms with E-state index in [0.29, 0.717) is 0 Å². The zero-order valence-electron chi connectivity index (χ0n) is 8.97. The van der Waals surface area contributed by atoms with E-state index in [-0.39, 0.29) is 17.2 Å². The fourth-order valence-corrected chi connectivity index (χ4v) is 3.94. The second-order valence-corrected chi connectivity index (χ2v) is 6.09. The molecule has 4 heteroatoms. The fraction of sp³-hybridized carbons (Fsp3) is 0.545. The van der Waals surface area contributed by atoms with Crippen molar-refractivity contribution in [3.8, 4) is 0 Å². The quantitative estimate of drug-likeness (QED) is 0.793. The van der Waals surface area contributed by atoms with Gasteiger partial charge in [-0.15, -0.1) is 23.1 Å². The van der Waals surface area contributed by atoms with Gasteiger partial charge in [-0.3, -0.25) is 4.79 Å². The summed E-state index contributed by atoms with van der Waals surface area (Å²) in [5.74, 6) is 1.44. The van der Waals surface area contributed by atoms with E-state index in [1.165, 1.54) is 4.88 Å². The molecule has 1 unspecified atom stereocenters. The van der Waals surface area contributed by atoms with Crippen LogP contribution in [0.2, 0.25) is 0 Å². The lowest BCUT2D eigenvalue weighted by Gasteiger charge is -2.24. The minimum atomic E-state index is 0.103. The Labute approximate surface area is 98.7 Å². The maximum atomic E-state index is 12.0. The van der Waals surface area contributed by atoms with Crippen LogP contribution >= 0.6 is 23.1 Å². The molecule has 0 saturated carbocycles. The summed E-state index contributed by atoms with van der Waals surface area (Å²) in [6.07, 6.45) is 0. The van der Waals surface area contributed by atoms with Gasteiger partial charge in [-0.25, -0.2) is 0 Å². The molecule has 0 aliphatic carbocycles. The van der Waals surface area contributed by atoms with E-state index in [9.17, 15) is 4.79 Å². The van der Waals surface area contributed by atoms with Crippen molar-refractivity contribution in [3.05, 3.63) is 22.4 Å². The summed E-state index contributed by atoms with van der Waals surface area (Å²) in [5.41, 5.74) is 0. The van der Waals surface area contributed by atoms with Crippen molar-refractivity contribution in [1.82, 2.24) is 4.90 Å². The van der Waals surface area contributed by atoms with Crippen LogP contribution in [0.1, 0.15) is 24.1 Å². The standard InChI is InChI=1S/C11H15NOS2/c1-8(2)10(13)12-5-7-15-11(12)9-4-3-6-14-9/h3-4,6,8,11H,5,7H2,1-2H3. The van der Waals surface area contributed by atoms with Crippen molar-refractivity contribution in [1.29, 1.82) is 0 Å². The van der Waals surface area contributed by atoms with Gasteiger partial charge in [-0.1, -0.05) is 19.9 Å². The van der Waals surface area contributed by atoms with E-state index < -0.39 is 0 Å². The molecule has 82 valence electrons. The van der Waals surface area contributed by atoms with Gasteiger partial charge in [0.05, 0.1) is 0 Å². The molecule has 0 spiro atoms. The summed E-state index contributed by atoms with van der Waals surface area (Å²) >= 11 is 3.61. The number of nitrogens with zero attached hydrogens (tertiary/aromatic N) is 1. The summed E-state index contributed by atoms with van der Waals surface area (Å²) in [6, 6.07) is 4.17. The van der Waals surface area contributed by atoms with Crippen molar-refractivity contribution >= 4 is 29.0 Å². The molecule has 0 bridgehead atoms. The van der Waals surface area contributed by atoms with Crippen molar-refractivity contribution < 1.29 is 4.79 Å². The number of amides is 1. The third-order valence-electron chi connectivity index (χ3n) is 2.45. The lowest BCUT2D eigenvalue weighted by molar-refractivity contribution is -0.134. The predicted molar refractivity (Wildman–Crippen MR) is 66.1 cm³/mol. The van der Waals surface area contributed by atoms with E-state index in [1.807, 2.05) is 30.5 Å². The highest BCUT2D eigenvalue weighted by Gasteiger charge is 2.32. The Morgan fingerprint density at radius 2 is 2.40 bits per heavy atom. The average molecular weight is 241 g/mol. The Morgan fingerprint density at radius 1 is 1.60 bits per heavy atom. The number of hydrogen-bond donors (Lipinski definition) is 0. The molecular weight excluding hydrogens is 226 g/mol. The van der Waals surface area contributed by atoms with Crippen LogP contribution in [0.5, 0.6) is 0 Å². The smallest absolute Gasteiger partial charge is 0.226 e. The Morgan fingerprint density at radius 3 is 3.00 bits per heavy atom. The summed E-state index contributed by atoms with van der Waals surface area (Å²) < 4.78 is 0. The number of rotatable bonds is 2. The summed E-state index contributed by atoms with van der Waals surface area (Å²) in [5, 5.41) is 2.34. The first-order valence-corrected chi connectivity index (χ1v) is 7.08. The molecule has 1 amide bonds. The normalized spacial score (nSPS) is 21.3. The summed E-state index contributed by atoms with van der Waals surface area (Å²) in [7, 11) is 0. The maximum Gasteiger partial charge on any atom is 0.226 e. The van der Waals surface area contributed by atoms with Crippen LogP contribution in [0, 0.1) is 5.92 Å². The van der Waals surface area contributed by atoms with Gasteiger partial charge in [-0.05, 0) is 11.4 Å². The van der Waals surface area contributed by atoms with Crippen LogP contribution in [0.3, 0.4) is 0 Å². The van der Waals surface area contributed by atoms with E-state index in [4.69, 9.17) is 0 Å². The highest BCUT2D eigenvalue weighted by Crippen LogP contribution is 2.40. The van der Waals surface area contributed by atoms with E-state index >= 15 is 0 Å². The molecule has 1 saturated heterocycles. The molecule has 0 N–H and O–H groups in total. The number of thiophene rings is 1. The molecule has 15 heavy (non-hydrogen) atoms. The number of carbonyl (C=O) groups excluding carboxylic acids is 1. The minimum Gasteiger partial charge on any atom is -0.325 e. The predicted octanol–water partition coefficient (Wildman–Crippen LogP) is 2.98. The van der Waals surface area contributed by atoms with Crippen LogP contribution in [0.4, 0.5) is 0 Å². The Kier molecular flexibility index (Phi) is 3.36. The van der Waals surface area contributed by atoms with Crippen LogP contribution in [0.15, 0.2) is 17.5 Å². The molecule has 0 radical (unpaired) electrons. The zero-order valence-corrected chi connectivity index (χ0v) is 10.6. The van der Waals surface area contributed by atoms with Crippen molar-refractivity contribution in [2.24, 2.45) is 5.92 Å². The molecule has 1 aliphatic heterocycles. The first-order valence-electron chi connectivity index (χ1n) is 5.15. The van der Waals surface area contributed by atoms with Gasteiger partial charge in [0.15, 0.2) is 0 Å². The molecule has 2 heterocycles. The largest absolute Gasteiger partial charge is 0.325 e. The SMILES string of the molecule is CC(C)C(=O)N1CCSC1c1cccs1. The van der Waals surface area contributed by atoms with Crippen molar-refractivity contribution in [3.63, 3.8) is 0 Å². The lowest BCUT2D eigenvalue weighted by atomic mass is 10.2. The van der Waals surface area contributed by atoms with Crippen molar-refractivity contribution in [2.75, 3.05) is 12.3 Å². The second-order valence-electron chi connectivity index (χ2n) is 3.92. The Balaban J connectivity index is 2.15. The number of carbonyl (C=O) groups is 1. The zero-order chi connectivity index (χ0) is 10.8. The van der Waals surface area contributed by atoms with Gasteiger partial charge in [0, 0.05) is 23.1 Å². The van der Waals surface area contributed by atoms with Crippen LogP contribution in [-0.2, 0) is 4.79 Å². The lowest BCUT2D eigenvalue weighted by Crippen LogP contribution is -2.33. The Bertz CT molecular complexity index is 334. The van der Waals surface area contributed by atoms with Gasteiger partial charge >= 0.3 is 0 Å². The molecule has 0 aromatic carbocycles. The molecule has 2 nitrogen and oxygen atoms in total. The van der Waals surface area contributed by atoms with Crippen LogP contribution in [-0.4, -0.2) is 23.1 Å². The third-order valence-corrected chi connectivity index (χ3v) is 4.77. The van der Waals surface area contributed by atoms with Gasteiger partial charge in [-0.2, -0.15) is 0 Å². The second kappa shape index (κ2) is 4.58. The first kappa shape index (κ1) is 11.0. The van der Waals surface area contributed by atoms with Crippen LogP contribution in [0.25, 0.3) is 0 Å². The topological polar surface area (TPSA) is 20.3 Å². The molecule has 1 aromatic heterocycles. The van der Waals surface area contributed by atoms with E-state index in [0.717, 1.165) is 12.3 Å². The van der Waals surface area contributed by atoms with Gasteiger partial charge in [0.2, 0.25) is 5.91 Å².